The highest BCUT2D eigenvalue weighted by atomic mass is 16.6. The molecule has 0 atom stereocenters. The fourth-order valence-electron chi connectivity index (χ4n) is 2.25. The van der Waals surface area contributed by atoms with Gasteiger partial charge in [0.15, 0.2) is 0 Å². The van der Waals surface area contributed by atoms with Gasteiger partial charge in [0.2, 0.25) is 5.90 Å². The SMILES string of the molecule is O=[N+]([O-])c1ccc(N/N=C(\Oc2ccccc2)c2ccc([N+](=O)[O-])cc2)cc1. The summed E-state index contributed by atoms with van der Waals surface area (Å²) in [6.45, 7) is 0. The third-order valence-electron chi connectivity index (χ3n) is 3.65. The van der Waals surface area contributed by atoms with Crippen LogP contribution in [0.2, 0.25) is 0 Å². The third kappa shape index (κ3) is 4.67. The van der Waals surface area contributed by atoms with Gasteiger partial charge in [-0.1, -0.05) is 18.2 Å². The van der Waals surface area contributed by atoms with Gasteiger partial charge in [-0.05, 0) is 36.4 Å². The van der Waals surface area contributed by atoms with Gasteiger partial charge in [0.25, 0.3) is 11.4 Å². The Morgan fingerprint density at radius 1 is 0.786 bits per heavy atom. The zero-order valence-electron chi connectivity index (χ0n) is 14.4. The van der Waals surface area contributed by atoms with Crippen molar-refractivity contribution in [3.63, 3.8) is 0 Å². The maximum Gasteiger partial charge on any atom is 0.269 e. The summed E-state index contributed by atoms with van der Waals surface area (Å²) in [5, 5.41) is 25.8. The Labute approximate surface area is 159 Å². The second-order valence-corrected chi connectivity index (χ2v) is 5.55. The maximum absolute atomic E-state index is 10.8. The van der Waals surface area contributed by atoms with Crippen LogP contribution in [0.1, 0.15) is 5.56 Å². The number of nitrogens with one attached hydrogen (secondary N) is 1. The molecule has 0 spiro atoms. The Morgan fingerprint density at radius 2 is 1.32 bits per heavy atom. The smallest absolute Gasteiger partial charge is 0.269 e. The van der Waals surface area contributed by atoms with Gasteiger partial charge in [-0.15, -0.1) is 5.10 Å². The van der Waals surface area contributed by atoms with E-state index in [1.54, 1.807) is 24.3 Å². The number of anilines is 1. The van der Waals surface area contributed by atoms with Gasteiger partial charge in [0.05, 0.1) is 15.5 Å². The summed E-state index contributed by atoms with van der Waals surface area (Å²) < 4.78 is 5.79. The average molecular weight is 378 g/mol. The molecule has 28 heavy (non-hydrogen) atoms. The highest BCUT2D eigenvalue weighted by molar-refractivity contribution is 5.96. The molecular weight excluding hydrogens is 364 g/mol. The molecule has 9 heteroatoms. The number of ether oxygens (including phenoxy) is 1. The van der Waals surface area contributed by atoms with E-state index in [4.69, 9.17) is 4.74 Å². The predicted octanol–water partition coefficient (Wildman–Crippen LogP) is 4.36. The van der Waals surface area contributed by atoms with E-state index in [1.165, 1.54) is 48.5 Å². The molecule has 3 aromatic rings. The molecule has 9 nitrogen and oxygen atoms in total. The molecule has 0 aliphatic heterocycles. The fraction of sp³-hybridized carbons (Fsp3) is 0. The predicted molar refractivity (Wildman–Crippen MR) is 103 cm³/mol. The molecule has 140 valence electrons. The molecule has 0 fully saturated rings. The van der Waals surface area contributed by atoms with Gasteiger partial charge in [-0.3, -0.25) is 25.7 Å². The summed E-state index contributed by atoms with van der Waals surface area (Å²) in [6.07, 6.45) is 0. The van der Waals surface area contributed by atoms with E-state index < -0.39 is 9.85 Å². The van der Waals surface area contributed by atoms with E-state index in [9.17, 15) is 20.2 Å². The second kappa shape index (κ2) is 8.41. The van der Waals surface area contributed by atoms with Crippen LogP contribution < -0.4 is 10.2 Å². The molecule has 0 aromatic heterocycles. The minimum atomic E-state index is -0.492. The lowest BCUT2D eigenvalue weighted by Gasteiger charge is -2.10. The Balaban J connectivity index is 1.87. The van der Waals surface area contributed by atoms with Crippen molar-refractivity contribution in [2.75, 3.05) is 5.43 Å². The molecule has 0 unspecified atom stereocenters. The normalized spacial score (nSPS) is 10.9. The van der Waals surface area contributed by atoms with Crippen LogP contribution in [0.15, 0.2) is 84.0 Å². The molecule has 0 saturated carbocycles. The van der Waals surface area contributed by atoms with Gasteiger partial charge >= 0.3 is 0 Å². The standard InChI is InChI=1S/C19H14N4O5/c24-22(25)16-10-6-14(7-11-16)19(28-18-4-2-1-3-5-18)21-20-15-8-12-17(13-9-15)23(26)27/h1-13,20H/b21-19-. The topological polar surface area (TPSA) is 120 Å². The number of nitrogens with zero attached hydrogens (tertiary/aromatic N) is 3. The molecule has 0 saturated heterocycles. The highest BCUT2D eigenvalue weighted by Gasteiger charge is 2.11. The van der Waals surface area contributed by atoms with Crippen molar-refractivity contribution in [2.24, 2.45) is 5.10 Å². The summed E-state index contributed by atoms with van der Waals surface area (Å²) in [6, 6.07) is 20.4. The van der Waals surface area contributed by atoms with Crippen molar-refractivity contribution in [2.45, 2.75) is 0 Å². The fourth-order valence-corrected chi connectivity index (χ4v) is 2.25. The number of nitro groups is 2. The molecule has 3 rings (SSSR count). The Hall–Kier alpha value is -4.27. The van der Waals surface area contributed by atoms with Gasteiger partial charge < -0.3 is 4.74 Å². The first kappa shape index (κ1) is 18.5. The molecular formula is C19H14N4O5. The lowest BCUT2D eigenvalue weighted by molar-refractivity contribution is -0.385. The van der Waals surface area contributed by atoms with Crippen molar-refractivity contribution < 1.29 is 14.6 Å². The van der Waals surface area contributed by atoms with Crippen LogP contribution in [0.5, 0.6) is 5.75 Å². The molecule has 0 aliphatic rings. The Morgan fingerprint density at radius 3 is 1.86 bits per heavy atom. The number of non-ortho nitro benzene ring substituents is 2. The molecule has 0 aliphatic carbocycles. The van der Waals surface area contributed by atoms with Crippen LogP contribution in [0.25, 0.3) is 0 Å². The van der Waals surface area contributed by atoms with Crippen molar-refractivity contribution in [1.29, 1.82) is 0 Å². The zero-order valence-corrected chi connectivity index (χ0v) is 14.4. The van der Waals surface area contributed by atoms with Crippen LogP contribution in [-0.2, 0) is 0 Å². The van der Waals surface area contributed by atoms with Crippen LogP contribution in [0.3, 0.4) is 0 Å². The summed E-state index contributed by atoms with van der Waals surface area (Å²) in [7, 11) is 0. The first-order chi connectivity index (χ1) is 13.5. The summed E-state index contributed by atoms with van der Waals surface area (Å²) in [5.74, 6) is 0.713. The number of para-hydroxylation sites is 1. The minimum absolute atomic E-state index is 0.0364. The molecule has 3 aromatic carbocycles. The third-order valence-corrected chi connectivity index (χ3v) is 3.65. The van der Waals surface area contributed by atoms with Crippen LogP contribution in [-0.4, -0.2) is 15.7 Å². The molecule has 0 amide bonds. The summed E-state index contributed by atoms with van der Waals surface area (Å²) in [5.41, 5.74) is 3.72. The highest BCUT2D eigenvalue weighted by Crippen LogP contribution is 2.18. The number of benzene rings is 3. The molecule has 1 N–H and O–H groups in total. The van der Waals surface area contributed by atoms with Crippen LogP contribution >= 0.6 is 0 Å². The van der Waals surface area contributed by atoms with Crippen molar-refractivity contribution >= 4 is 23.0 Å². The maximum atomic E-state index is 10.8. The van der Waals surface area contributed by atoms with Crippen LogP contribution in [0, 0.1) is 20.2 Å². The van der Waals surface area contributed by atoms with E-state index in [1.807, 2.05) is 6.07 Å². The largest absolute Gasteiger partial charge is 0.437 e. The average Bonchev–Trinajstić information content (AvgIpc) is 2.72. The number of hydrogen-bond donors (Lipinski definition) is 1. The number of nitro benzene ring substituents is 2. The molecule has 0 radical (unpaired) electrons. The molecule has 0 heterocycles. The van der Waals surface area contributed by atoms with Crippen molar-refractivity contribution in [3.8, 4) is 5.75 Å². The van der Waals surface area contributed by atoms with Gasteiger partial charge in [0, 0.05) is 29.8 Å². The van der Waals surface area contributed by atoms with E-state index in [-0.39, 0.29) is 17.3 Å². The number of hydrazone groups is 1. The quantitative estimate of drug-likeness (QED) is 0.294. The monoisotopic (exact) mass is 378 g/mol. The lowest BCUT2D eigenvalue weighted by Crippen LogP contribution is -2.13. The number of rotatable bonds is 6. The van der Waals surface area contributed by atoms with Crippen molar-refractivity contribution in [1.82, 2.24) is 0 Å². The van der Waals surface area contributed by atoms with E-state index in [0.29, 0.717) is 17.0 Å². The Bertz CT molecular complexity index is 1000. The summed E-state index contributed by atoms with van der Waals surface area (Å²) in [4.78, 5) is 20.6. The van der Waals surface area contributed by atoms with E-state index in [2.05, 4.69) is 10.5 Å². The minimum Gasteiger partial charge on any atom is -0.437 e. The van der Waals surface area contributed by atoms with E-state index >= 15 is 0 Å². The molecule has 0 bridgehead atoms. The van der Waals surface area contributed by atoms with Gasteiger partial charge in [0.1, 0.15) is 5.75 Å². The van der Waals surface area contributed by atoms with Gasteiger partial charge in [-0.25, -0.2) is 0 Å². The Kier molecular flexibility index (Phi) is 5.56. The second-order valence-electron chi connectivity index (χ2n) is 5.55. The van der Waals surface area contributed by atoms with E-state index in [0.717, 1.165) is 0 Å². The zero-order chi connectivity index (χ0) is 19.9. The summed E-state index contributed by atoms with van der Waals surface area (Å²) >= 11 is 0. The van der Waals surface area contributed by atoms with Gasteiger partial charge in [-0.2, -0.15) is 0 Å². The number of hydrogen-bond acceptors (Lipinski definition) is 7. The lowest BCUT2D eigenvalue weighted by atomic mass is 10.2. The first-order valence-corrected chi connectivity index (χ1v) is 8.09. The first-order valence-electron chi connectivity index (χ1n) is 8.09. The van der Waals surface area contributed by atoms with Crippen LogP contribution in [0.4, 0.5) is 17.1 Å². The van der Waals surface area contributed by atoms with Crippen molar-refractivity contribution in [3.05, 3.63) is 105 Å².